The number of rotatable bonds is 4. The van der Waals surface area contributed by atoms with E-state index in [-0.39, 0.29) is 5.91 Å². The second kappa shape index (κ2) is 5.83. The summed E-state index contributed by atoms with van der Waals surface area (Å²) >= 11 is 1.69. The molecule has 0 saturated heterocycles. The first-order chi connectivity index (χ1) is 8.70. The molecule has 0 aliphatic heterocycles. The van der Waals surface area contributed by atoms with Crippen molar-refractivity contribution >= 4 is 22.2 Å². The van der Waals surface area contributed by atoms with Gasteiger partial charge in [-0.1, -0.05) is 37.3 Å². The van der Waals surface area contributed by atoms with Gasteiger partial charge in [0, 0.05) is 11.8 Å². The summed E-state index contributed by atoms with van der Waals surface area (Å²) in [4.78, 5) is 14.9. The van der Waals surface area contributed by atoms with Gasteiger partial charge in [0.25, 0.3) is 0 Å². The van der Waals surface area contributed by atoms with Crippen molar-refractivity contribution in [2.24, 2.45) is 0 Å². The first-order valence-corrected chi connectivity index (χ1v) is 6.93. The van der Waals surface area contributed by atoms with Crippen molar-refractivity contribution < 1.29 is 4.79 Å². The van der Waals surface area contributed by atoms with Gasteiger partial charge in [-0.05, 0) is 24.1 Å². The van der Waals surface area contributed by atoms with E-state index in [1.807, 2.05) is 41.3 Å². The van der Waals surface area contributed by atoms with Gasteiger partial charge in [0.2, 0.25) is 5.91 Å². The molecule has 18 heavy (non-hydrogen) atoms. The molecule has 0 spiro atoms. The first-order valence-electron chi connectivity index (χ1n) is 6.11. The molecule has 2 aromatic rings. The highest BCUT2D eigenvalue weighted by Gasteiger charge is 2.13. The highest BCUT2D eigenvalue weighted by atomic mass is 32.1. The maximum absolute atomic E-state index is 11.8. The van der Waals surface area contributed by atoms with Crippen LogP contribution in [0.4, 0.5) is 5.00 Å². The molecule has 0 N–H and O–H groups in total. The van der Waals surface area contributed by atoms with Gasteiger partial charge in [-0.3, -0.25) is 9.69 Å². The molecule has 2 rings (SSSR count). The Morgan fingerprint density at radius 1 is 1.17 bits per heavy atom. The SMILES string of the molecule is CCc1ccc(N(Cc2ccccc2)C(C)=O)s1. The molecule has 0 fully saturated rings. The predicted octanol–water partition coefficient (Wildman–Crippen LogP) is 3.86. The minimum atomic E-state index is 0.0864. The Hall–Kier alpha value is -1.61. The molecule has 1 aromatic heterocycles. The lowest BCUT2D eigenvalue weighted by atomic mass is 10.2. The summed E-state index contributed by atoms with van der Waals surface area (Å²) in [5, 5.41) is 1.03. The van der Waals surface area contributed by atoms with E-state index in [2.05, 4.69) is 13.0 Å². The molecule has 0 aliphatic rings. The average Bonchev–Trinajstić information content (AvgIpc) is 2.85. The lowest BCUT2D eigenvalue weighted by molar-refractivity contribution is -0.116. The third kappa shape index (κ3) is 2.99. The molecule has 0 radical (unpaired) electrons. The summed E-state index contributed by atoms with van der Waals surface area (Å²) in [6.45, 7) is 4.39. The Kier molecular flexibility index (Phi) is 4.15. The van der Waals surface area contributed by atoms with Crippen LogP contribution in [0.3, 0.4) is 0 Å². The number of amides is 1. The van der Waals surface area contributed by atoms with Crippen LogP contribution in [0.2, 0.25) is 0 Å². The zero-order valence-corrected chi connectivity index (χ0v) is 11.5. The second-order valence-corrected chi connectivity index (χ2v) is 5.33. The Labute approximate surface area is 112 Å². The van der Waals surface area contributed by atoms with Crippen molar-refractivity contribution in [2.75, 3.05) is 4.90 Å². The Balaban J connectivity index is 2.21. The summed E-state index contributed by atoms with van der Waals surface area (Å²) in [5.74, 6) is 0.0864. The number of aryl methyl sites for hydroxylation is 1. The number of carbonyl (C=O) groups is 1. The molecule has 2 nitrogen and oxygen atoms in total. The fraction of sp³-hybridized carbons (Fsp3) is 0.267. The van der Waals surface area contributed by atoms with Gasteiger partial charge >= 0.3 is 0 Å². The highest BCUT2D eigenvalue weighted by Crippen LogP contribution is 2.27. The number of carbonyl (C=O) groups excluding carboxylic acids is 1. The van der Waals surface area contributed by atoms with Gasteiger partial charge in [0.15, 0.2) is 0 Å². The minimum Gasteiger partial charge on any atom is -0.300 e. The van der Waals surface area contributed by atoms with E-state index in [0.29, 0.717) is 6.54 Å². The second-order valence-electron chi connectivity index (χ2n) is 4.18. The van der Waals surface area contributed by atoms with E-state index >= 15 is 0 Å². The van der Waals surface area contributed by atoms with E-state index in [9.17, 15) is 4.79 Å². The third-order valence-corrected chi connectivity index (χ3v) is 4.08. The van der Waals surface area contributed by atoms with Crippen LogP contribution in [0.15, 0.2) is 42.5 Å². The smallest absolute Gasteiger partial charge is 0.224 e. The molecule has 1 amide bonds. The summed E-state index contributed by atoms with van der Waals surface area (Å²) in [7, 11) is 0. The third-order valence-electron chi connectivity index (χ3n) is 2.83. The normalized spacial score (nSPS) is 10.3. The van der Waals surface area contributed by atoms with Gasteiger partial charge < -0.3 is 0 Å². The maximum Gasteiger partial charge on any atom is 0.224 e. The molecule has 0 unspecified atom stereocenters. The molecule has 0 bridgehead atoms. The van der Waals surface area contributed by atoms with E-state index < -0.39 is 0 Å². The fourth-order valence-corrected chi connectivity index (χ4v) is 2.80. The van der Waals surface area contributed by atoms with Gasteiger partial charge in [-0.2, -0.15) is 0 Å². The Morgan fingerprint density at radius 2 is 1.89 bits per heavy atom. The number of nitrogens with zero attached hydrogens (tertiary/aromatic N) is 1. The number of thiophene rings is 1. The van der Waals surface area contributed by atoms with Gasteiger partial charge in [0.05, 0.1) is 11.5 Å². The van der Waals surface area contributed by atoms with E-state index in [1.165, 1.54) is 4.88 Å². The molecule has 94 valence electrons. The van der Waals surface area contributed by atoms with Crippen LogP contribution in [0.1, 0.15) is 24.3 Å². The summed E-state index contributed by atoms with van der Waals surface area (Å²) in [6.07, 6.45) is 1.02. The standard InChI is InChI=1S/C15H17NOS/c1-3-14-9-10-15(18-14)16(12(2)17)11-13-7-5-4-6-8-13/h4-10H,3,11H2,1-2H3. The largest absolute Gasteiger partial charge is 0.300 e. The van der Waals surface area contributed by atoms with Gasteiger partial charge in [-0.25, -0.2) is 0 Å². The van der Waals surface area contributed by atoms with Crippen molar-refractivity contribution in [2.45, 2.75) is 26.8 Å². The molecule has 0 aliphatic carbocycles. The van der Waals surface area contributed by atoms with Crippen molar-refractivity contribution in [1.82, 2.24) is 0 Å². The molecule has 0 saturated carbocycles. The van der Waals surface area contributed by atoms with E-state index in [0.717, 1.165) is 17.0 Å². The fourth-order valence-electron chi connectivity index (χ4n) is 1.81. The van der Waals surface area contributed by atoms with Crippen LogP contribution in [0.25, 0.3) is 0 Å². The number of hydrogen-bond acceptors (Lipinski definition) is 2. The van der Waals surface area contributed by atoms with Gasteiger partial charge in [0.1, 0.15) is 0 Å². The number of hydrogen-bond donors (Lipinski definition) is 0. The average molecular weight is 259 g/mol. The van der Waals surface area contributed by atoms with Gasteiger partial charge in [-0.15, -0.1) is 11.3 Å². The Morgan fingerprint density at radius 3 is 2.44 bits per heavy atom. The molecular weight excluding hydrogens is 242 g/mol. The molecule has 3 heteroatoms. The summed E-state index contributed by atoms with van der Waals surface area (Å²) in [5.41, 5.74) is 1.15. The lowest BCUT2D eigenvalue weighted by Crippen LogP contribution is -2.26. The first kappa shape index (κ1) is 12.8. The molecule has 0 atom stereocenters. The molecular formula is C15H17NOS. The van der Waals surface area contributed by atoms with Crippen LogP contribution in [0.5, 0.6) is 0 Å². The predicted molar refractivity (Wildman–Crippen MR) is 77.0 cm³/mol. The van der Waals surface area contributed by atoms with Crippen LogP contribution in [0, 0.1) is 0 Å². The van der Waals surface area contributed by atoms with Crippen molar-refractivity contribution in [3.8, 4) is 0 Å². The molecule has 1 heterocycles. The summed E-state index contributed by atoms with van der Waals surface area (Å²) in [6, 6.07) is 14.2. The van der Waals surface area contributed by atoms with Crippen LogP contribution in [-0.2, 0) is 17.8 Å². The number of benzene rings is 1. The highest BCUT2D eigenvalue weighted by molar-refractivity contribution is 7.16. The maximum atomic E-state index is 11.8. The van der Waals surface area contributed by atoms with E-state index in [4.69, 9.17) is 0 Å². The Bertz CT molecular complexity index is 518. The lowest BCUT2D eigenvalue weighted by Gasteiger charge is -2.19. The zero-order valence-electron chi connectivity index (χ0n) is 10.7. The quantitative estimate of drug-likeness (QED) is 0.816. The van der Waals surface area contributed by atoms with Crippen LogP contribution in [-0.4, -0.2) is 5.91 Å². The van der Waals surface area contributed by atoms with Crippen LogP contribution < -0.4 is 4.90 Å². The van der Waals surface area contributed by atoms with E-state index in [1.54, 1.807) is 18.3 Å². The zero-order chi connectivity index (χ0) is 13.0. The minimum absolute atomic E-state index is 0.0864. The van der Waals surface area contributed by atoms with Crippen LogP contribution >= 0.6 is 11.3 Å². The molecule has 1 aromatic carbocycles. The van der Waals surface area contributed by atoms with Crippen molar-refractivity contribution in [3.05, 3.63) is 52.9 Å². The monoisotopic (exact) mass is 259 g/mol. The topological polar surface area (TPSA) is 20.3 Å². The number of anilines is 1. The van der Waals surface area contributed by atoms with Crippen molar-refractivity contribution in [1.29, 1.82) is 0 Å². The summed E-state index contributed by atoms with van der Waals surface area (Å²) < 4.78 is 0. The van der Waals surface area contributed by atoms with Crippen molar-refractivity contribution in [3.63, 3.8) is 0 Å².